The summed E-state index contributed by atoms with van der Waals surface area (Å²) in [4.78, 5) is 25.4. The van der Waals surface area contributed by atoms with E-state index < -0.39 is 17.9 Å². The molecule has 0 radical (unpaired) electrons. The number of phenols is 1. The third-order valence-electron chi connectivity index (χ3n) is 3.61. The van der Waals surface area contributed by atoms with Gasteiger partial charge in [-0.15, -0.1) is 0 Å². The molecule has 1 aromatic carbocycles. The maximum absolute atomic E-state index is 12.6. The minimum Gasteiger partial charge on any atom is -0.508 e. The SMILES string of the molecule is CCCN(C(=O)c1ccc(O)cc1)C1COCC1C(=O)O. The third-order valence-corrected chi connectivity index (χ3v) is 3.61. The molecule has 1 amide bonds. The molecule has 21 heavy (non-hydrogen) atoms. The molecule has 0 aliphatic carbocycles. The number of carbonyl (C=O) groups excluding carboxylic acids is 1. The zero-order chi connectivity index (χ0) is 15.4. The lowest BCUT2D eigenvalue weighted by Gasteiger charge is -2.30. The Morgan fingerprint density at radius 3 is 2.52 bits per heavy atom. The molecule has 1 saturated heterocycles. The molecule has 1 heterocycles. The number of aliphatic carboxylic acids is 1. The minimum atomic E-state index is -0.947. The molecule has 6 heteroatoms. The molecule has 1 aliphatic heterocycles. The predicted octanol–water partition coefficient (Wildman–Crippen LogP) is 1.34. The van der Waals surface area contributed by atoms with Crippen molar-refractivity contribution in [2.24, 2.45) is 5.92 Å². The maximum atomic E-state index is 12.6. The average Bonchev–Trinajstić information content (AvgIpc) is 2.94. The Morgan fingerprint density at radius 2 is 1.95 bits per heavy atom. The lowest BCUT2D eigenvalue weighted by atomic mass is 10.0. The van der Waals surface area contributed by atoms with Crippen LogP contribution in [0.3, 0.4) is 0 Å². The summed E-state index contributed by atoms with van der Waals surface area (Å²) in [5, 5.41) is 18.5. The smallest absolute Gasteiger partial charge is 0.311 e. The standard InChI is InChI=1S/C15H19NO5/c1-2-7-16(13-9-21-8-12(13)15(19)20)14(18)10-3-5-11(17)6-4-10/h3-6,12-13,17H,2,7-9H2,1H3,(H,19,20). The molecular weight excluding hydrogens is 274 g/mol. The first-order valence-corrected chi connectivity index (χ1v) is 6.95. The van der Waals surface area contributed by atoms with E-state index in [2.05, 4.69) is 0 Å². The van der Waals surface area contributed by atoms with E-state index in [1.54, 1.807) is 4.90 Å². The summed E-state index contributed by atoms with van der Waals surface area (Å²) in [6.07, 6.45) is 0.729. The highest BCUT2D eigenvalue weighted by molar-refractivity contribution is 5.95. The number of amides is 1. The predicted molar refractivity (Wildman–Crippen MR) is 75.2 cm³/mol. The Hall–Kier alpha value is -2.08. The van der Waals surface area contributed by atoms with Crippen molar-refractivity contribution >= 4 is 11.9 Å². The van der Waals surface area contributed by atoms with Crippen molar-refractivity contribution in [1.82, 2.24) is 4.90 Å². The van der Waals surface area contributed by atoms with Gasteiger partial charge in [-0.1, -0.05) is 6.92 Å². The number of nitrogens with zero attached hydrogens (tertiary/aromatic N) is 1. The number of hydrogen-bond donors (Lipinski definition) is 2. The molecule has 2 atom stereocenters. The molecule has 0 aromatic heterocycles. The van der Waals surface area contributed by atoms with E-state index in [1.807, 2.05) is 6.92 Å². The van der Waals surface area contributed by atoms with Gasteiger partial charge in [0.1, 0.15) is 11.7 Å². The molecule has 0 spiro atoms. The van der Waals surface area contributed by atoms with Crippen molar-refractivity contribution < 1.29 is 24.5 Å². The van der Waals surface area contributed by atoms with Crippen LogP contribution in [0.25, 0.3) is 0 Å². The van der Waals surface area contributed by atoms with Gasteiger partial charge in [0, 0.05) is 12.1 Å². The fraction of sp³-hybridized carbons (Fsp3) is 0.467. The van der Waals surface area contributed by atoms with Crippen LogP contribution in [0.1, 0.15) is 23.7 Å². The number of phenolic OH excluding ortho intramolecular Hbond substituents is 1. The van der Waals surface area contributed by atoms with Crippen molar-refractivity contribution in [2.75, 3.05) is 19.8 Å². The van der Waals surface area contributed by atoms with Gasteiger partial charge >= 0.3 is 5.97 Å². The van der Waals surface area contributed by atoms with Gasteiger partial charge in [-0.3, -0.25) is 9.59 Å². The van der Waals surface area contributed by atoms with Gasteiger partial charge in [0.2, 0.25) is 0 Å². The number of carboxylic acid groups (broad SMARTS) is 1. The van der Waals surface area contributed by atoms with E-state index in [0.29, 0.717) is 12.1 Å². The largest absolute Gasteiger partial charge is 0.508 e. The van der Waals surface area contributed by atoms with Crippen LogP contribution in [0.2, 0.25) is 0 Å². The second kappa shape index (κ2) is 6.58. The van der Waals surface area contributed by atoms with Gasteiger partial charge in [-0.2, -0.15) is 0 Å². The van der Waals surface area contributed by atoms with Gasteiger partial charge in [-0.25, -0.2) is 0 Å². The van der Waals surface area contributed by atoms with Crippen LogP contribution in [0.5, 0.6) is 5.75 Å². The van der Waals surface area contributed by atoms with Gasteiger partial charge in [0.25, 0.3) is 5.91 Å². The summed E-state index contributed by atoms with van der Waals surface area (Å²) in [6, 6.07) is 5.50. The first-order valence-electron chi connectivity index (χ1n) is 6.95. The number of ether oxygens (including phenoxy) is 1. The van der Waals surface area contributed by atoms with Gasteiger partial charge < -0.3 is 19.8 Å². The van der Waals surface area contributed by atoms with Crippen molar-refractivity contribution in [2.45, 2.75) is 19.4 Å². The Labute approximate surface area is 122 Å². The Balaban J connectivity index is 2.23. The van der Waals surface area contributed by atoms with Crippen LogP contribution in [0.4, 0.5) is 0 Å². The summed E-state index contributed by atoms with van der Waals surface area (Å²) in [6.45, 7) is 2.77. The summed E-state index contributed by atoms with van der Waals surface area (Å²) < 4.78 is 5.25. The Bertz CT molecular complexity index is 513. The lowest BCUT2D eigenvalue weighted by molar-refractivity contribution is -0.142. The van der Waals surface area contributed by atoms with Gasteiger partial charge in [0.05, 0.1) is 19.3 Å². The Kier molecular flexibility index (Phi) is 4.80. The number of benzene rings is 1. The Morgan fingerprint density at radius 1 is 1.29 bits per heavy atom. The summed E-state index contributed by atoms with van der Waals surface area (Å²) >= 11 is 0. The van der Waals surface area contributed by atoms with Crippen molar-refractivity contribution in [3.63, 3.8) is 0 Å². The molecule has 0 bridgehead atoms. The zero-order valence-corrected chi connectivity index (χ0v) is 11.9. The molecule has 2 rings (SSSR count). The van der Waals surface area contributed by atoms with E-state index in [4.69, 9.17) is 4.74 Å². The van der Waals surface area contributed by atoms with Crippen molar-refractivity contribution in [1.29, 1.82) is 0 Å². The molecule has 114 valence electrons. The van der Waals surface area contributed by atoms with E-state index >= 15 is 0 Å². The van der Waals surface area contributed by atoms with Gasteiger partial charge in [-0.05, 0) is 30.7 Å². The van der Waals surface area contributed by atoms with Crippen molar-refractivity contribution in [3.8, 4) is 5.75 Å². The summed E-state index contributed by atoms with van der Waals surface area (Å²) in [7, 11) is 0. The van der Waals surface area contributed by atoms with Crippen LogP contribution in [-0.2, 0) is 9.53 Å². The molecule has 1 aromatic rings. The molecule has 1 fully saturated rings. The van der Waals surface area contributed by atoms with Crippen LogP contribution >= 0.6 is 0 Å². The van der Waals surface area contributed by atoms with E-state index in [1.165, 1.54) is 24.3 Å². The van der Waals surface area contributed by atoms with Crippen LogP contribution in [0.15, 0.2) is 24.3 Å². The number of hydrogen-bond acceptors (Lipinski definition) is 4. The first-order chi connectivity index (χ1) is 10.0. The fourth-order valence-corrected chi connectivity index (χ4v) is 2.51. The average molecular weight is 293 g/mol. The van der Waals surface area contributed by atoms with E-state index in [-0.39, 0.29) is 24.9 Å². The summed E-state index contributed by atoms with van der Waals surface area (Å²) in [5.74, 6) is -1.80. The fourth-order valence-electron chi connectivity index (χ4n) is 2.51. The third kappa shape index (κ3) is 3.33. The normalized spacial score (nSPS) is 21.2. The zero-order valence-electron chi connectivity index (χ0n) is 11.9. The topological polar surface area (TPSA) is 87.1 Å². The first kappa shape index (κ1) is 15.3. The second-order valence-electron chi connectivity index (χ2n) is 5.09. The monoisotopic (exact) mass is 293 g/mol. The van der Waals surface area contributed by atoms with Crippen LogP contribution in [0, 0.1) is 5.92 Å². The highest BCUT2D eigenvalue weighted by Gasteiger charge is 2.39. The van der Waals surface area contributed by atoms with Crippen molar-refractivity contribution in [3.05, 3.63) is 29.8 Å². The minimum absolute atomic E-state index is 0.0844. The quantitative estimate of drug-likeness (QED) is 0.855. The number of carboxylic acids is 1. The maximum Gasteiger partial charge on any atom is 0.311 e. The number of carbonyl (C=O) groups is 2. The highest BCUT2D eigenvalue weighted by atomic mass is 16.5. The molecule has 2 unspecified atom stereocenters. The van der Waals surface area contributed by atoms with Crippen LogP contribution < -0.4 is 0 Å². The summed E-state index contributed by atoms with van der Waals surface area (Å²) in [5.41, 5.74) is 0.428. The molecular formula is C15H19NO5. The highest BCUT2D eigenvalue weighted by Crippen LogP contribution is 2.23. The number of aromatic hydroxyl groups is 1. The van der Waals surface area contributed by atoms with Gasteiger partial charge in [0.15, 0.2) is 0 Å². The molecule has 6 nitrogen and oxygen atoms in total. The lowest BCUT2D eigenvalue weighted by Crippen LogP contribution is -2.47. The van der Waals surface area contributed by atoms with E-state index in [9.17, 15) is 19.8 Å². The van der Waals surface area contributed by atoms with Crippen LogP contribution in [-0.4, -0.2) is 52.8 Å². The van der Waals surface area contributed by atoms with E-state index in [0.717, 1.165) is 6.42 Å². The molecule has 0 saturated carbocycles. The molecule has 1 aliphatic rings. The second-order valence-corrected chi connectivity index (χ2v) is 5.09. The molecule has 2 N–H and O–H groups in total. The number of rotatable bonds is 5.